The number of carboxylic acid groups (broad SMARTS) is 1. The highest BCUT2D eigenvalue weighted by Gasteiger charge is 2.23. The van der Waals surface area contributed by atoms with Crippen LogP contribution in [0.1, 0.15) is 24.2 Å². The van der Waals surface area contributed by atoms with Crippen LogP contribution in [-0.4, -0.2) is 47.7 Å². The Morgan fingerprint density at radius 1 is 1.25 bits per heavy atom. The monoisotopic (exact) mass is 279 g/mol. The highest BCUT2D eigenvalue weighted by atomic mass is 16.6. The molecular formula is C14H17NO5. The lowest BCUT2D eigenvalue weighted by molar-refractivity contribution is -0.138. The molecule has 0 saturated carbocycles. The van der Waals surface area contributed by atoms with Gasteiger partial charge in [0.15, 0.2) is 11.5 Å². The highest BCUT2D eigenvalue weighted by molar-refractivity contribution is 5.96. The number of benzene rings is 1. The average Bonchev–Trinajstić information content (AvgIpc) is 2.43. The number of carbonyl (C=O) groups excluding carboxylic acids is 1. The summed E-state index contributed by atoms with van der Waals surface area (Å²) >= 11 is 0. The van der Waals surface area contributed by atoms with E-state index in [1.807, 2.05) is 0 Å². The van der Waals surface area contributed by atoms with E-state index in [9.17, 15) is 9.59 Å². The minimum absolute atomic E-state index is 0.202. The molecule has 0 fully saturated rings. The van der Waals surface area contributed by atoms with Crippen molar-refractivity contribution in [1.29, 1.82) is 0 Å². The molecule has 0 radical (unpaired) electrons. The molecule has 2 rings (SSSR count). The van der Waals surface area contributed by atoms with Crippen molar-refractivity contribution in [3.63, 3.8) is 0 Å². The molecule has 1 amide bonds. The number of fused-ring (bicyclic) bond motifs is 1. The number of aliphatic carboxylic acids is 1. The number of hydrogen-bond donors (Lipinski definition) is 1. The standard InChI is InChI=1S/C14H17NO5/c1-9(2)15(8-13(16)17)14(18)10-3-4-11-12(7-10)20-6-5-19-11/h3-4,7,9H,5-6,8H2,1-2H3,(H,16,17). The van der Waals surface area contributed by atoms with Crippen molar-refractivity contribution in [1.82, 2.24) is 4.90 Å². The Labute approximate surface area is 116 Å². The van der Waals surface area contributed by atoms with E-state index in [0.29, 0.717) is 30.3 Å². The Kier molecular flexibility index (Phi) is 4.12. The van der Waals surface area contributed by atoms with Gasteiger partial charge in [-0.25, -0.2) is 0 Å². The summed E-state index contributed by atoms with van der Waals surface area (Å²) in [6, 6.07) is 4.68. The molecule has 0 aromatic heterocycles. The zero-order chi connectivity index (χ0) is 14.7. The van der Waals surface area contributed by atoms with Crippen LogP contribution in [0, 0.1) is 0 Å². The van der Waals surface area contributed by atoms with Gasteiger partial charge in [0.25, 0.3) is 5.91 Å². The normalized spacial score (nSPS) is 13.2. The minimum atomic E-state index is -1.04. The van der Waals surface area contributed by atoms with Crippen molar-refractivity contribution in [2.75, 3.05) is 19.8 Å². The molecule has 0 atom stereocenters. The molecule has 1 N–H and O–H groups in total. The van der Waals surface area contributed by atoms with Gasteiger partial charge < -0.3 is 19.5 Å². The molecule has 1 aliphatic heterocycles. The molecule has 0 spiro atoms. The maximum absolute atomic E-state index is 12.4. The third-order valence-electron chi connectivity index (χ3n) is 2.98. The Morgan fingerprint density at radius 2 is 1.90 bits per heavy atom. The molecule has 0 bridgehead atoms. The van der Waals surface area contributed by atoms with E-state index >= 15 is 0 Å². The molecule has 1 heterocycles. The summed E-state index contributed by atoms with van der Waals surface area (Å²) < 4.78 is 10.8. The summed E-state index contributed by atoms with van der Waals surface area (Å²) in [7, 11) is 0. The second kappa shape index (κ2) is 5.81. The molecule has 1 aromatic rings. The zero-order valence-electron chi connectivity index (χ0n) is 11.5. The fraction of sp³-hybridized carbons (Fsp3) is 0.429. The summed E-state index contributed by atoms with van der Waals surface area (Å²) in [6.07, 6.45) is 0. The quantitative estimate of drug-likeness (QED) is 0.901. The van der Waals surface area contributed by atoms with Gasteiger partial charge in [-0.2, -0.15) is 0 Å². The van der Waals surface area contributed by atoms with Gasteiger partial charge in [-0.15, -0.1) is 0 Å². The molecular weight excluding hydrogens is 262 g/mol. The number of ether oxygens (including phenoxy) is 2. The molecule has 0 unspecified atom stereocenters. The van der Waals surface area contributed by atoms with E-state index in [1.54, 1.807) is 32.0 Å². The van der Waals surface area contributed by atoms with Crippen molar-refractivity contribution in [2.24, 2.45) is 0 Å². The van der Waals surface area contributed by atoms with Crippen molar-refractivity contribution < 1.29 is 24.2 Å². The van der Waals surface area contributed by atoms with Crippen LogP contribution < -0.4 is 9.47 Å². The van der Waals surface area contributed by atoms with Gasteiger partial charge in [-0.3, -0.25) is 9.59 Å². The summed E-state index contributed by atoms with van der Waals surface area (Å²) in [6.45, 7) is 4.15. The van der Waals surface area contributed by atoms with Crippen LogP contribution in [0.5, 0.6) is 11.5 Å². The second-order valence-corrected chi connectivity index (χ2v) is 4.78. The van der Waals surface area contributed by atoms with E-state index < -0.39 is 5.97 Å². The van der Waals surface area contributed by atoms with Crippen LogP contribution >= 0.6 is 0 Å². The first-order valence-corrected chi connectivity index (χ1v) is 6.41. The first kappa shape index (κ1) is 14.2. The number of hydrogen-bond acceptors (Lipinski definition) is 4. The van der Waals surface area contributed by atoms with E-state index in [1.165, 1.54) is 4.90 Å². The molecule has 6 nitrogen and oxygen atoms in total. The number of nitrogens with zero attached hydrogens (tertiary/aromatic N) is 1. The summed E-state index contributed by atoms with van der Waals surface area (Å²) in [5, 5.41) is 8.88. The Bertz CT molecular complexity index is 526. The lowest BCUT2D eigenvalue weighted by Crippen LogP contribution is -2.40. The van der Waals surface area contributed by atoms with Crippen LogP contribution in [0.4, 0.5) is 0 Å². The van der Waals surface area contributed by atoms with Crippen LogP contribution in [-0.2, 0) is 4.79 Å². The van der Waals surface area contributed by atoms with Crippen LogP contribution in [0.15, 0.2) is 18.2 Å². The lowest BCUT2D eigenvalue weighted by Gasteiger charge is -2.25. The van der Waals surface area contributed by atoms with E-state index in [-0.39, 0.29) is 18.5 Å². The largest absolute Gasteiger partial charge is 0.486 e. The smallest absolute Gasteiger partial charge is 0.323 e. The molecule has 6 heteroatoms. The maximum atomic E-state index is 12.4. The summed E-state index contributed by atoms with van der Waals surface area (Å²) in [5.74, 6) is -0.257. The van der Waals surface area contributed by atoms with Gasteiger partial charge in [0, 0.05) is 11.6 Å². The predicted octanol–water partition coefficient (Wildman–Crippen LogP) is 1.39. The molecule has 20 heavy (non-hydrogen) atoms. The Balaban J connectivity index is 2.24. The number of carboxylic acids is 1. The molecule has 108 valence electrons. The topological polar surface area (TPSA) is 76.1 Å². The van der Waals surface area contributed by atoms with Crippen LogP contribution in [0.2, 0.25) is 0 Å². The van der Waals surface area contributed by atoms with Crippen LogP contribution in [0.25, 0.3) is 0 Å². The fourth-order valence-electron chi connectivity index (χ4n) is 1.98. The number of amides is 1. The van der Waals surface area contributed by atoms with E-state index in [2.05, 4.69) is 0 Å². The van der Waals surface area contributed by atoms with Gasteiger partial charge in [0.05, 0.1) is 0 Å². The zero-order valence-corrected chi connectivity index (χ0v) is 11.5. The Hall–Kier alpha value is -2.24. The maximum Gasteiger partial charge on any atom is 0.323 e. The Morgan fingerprint density at radius 3 is 2.50 bits per heavy atom. The first-order chi connectivity index (χ1) is 9.49. The summed E-state index contributed by atoms with van der Waals surface area (Å²) in [5.41, 5.74) is 0.393. The van der Waals surface area contributed by atoms with Crippen molar-refractivity contribution >= 4 is 11.9 Å². The van der Waals surface area contributed by atoms with E-state index in [0.717, 1.165) is 0 Å². The third-order valence-corrected chi connectivity index (χ3v) is 2.98. The second-order valence-electron chi connectivity index (χ2n) is 4.78. The van der Waals surface area contributed by atoms with E-state index in [4.69, 9.17) is 14.6 Å². The molecule has 0 saturated heterocycles. The van der Waals surface area contributed by atoms with Crippen molar-refractivity contribution in [2.45, 2.75) is 19.9 Å². The average molecular weight is 279 g/mol. The van der Waals surface area contributed by atoms with Crippen LogP contribution in [0.3, 0.4) is 0 Å². The highest BCUT2D eigenvalue weighted by Crippen LogP contribution is 2.31. The van der Waals surface area contributed by atoms with Crippen molar-refractivity contribution in [3.05, 3.63) is 23.8 Å². The van der Waals surface area contributed by atoms with Gasteiger partial charge in [-0.1, -0.05) is 0 Å². The third kappa shape index (κ3) is 3.01. The number of carbonyl (C=O) groups is 2. The molecule has 0 aliphatic carbocycles. The SMILES string of the molecule is CC(C)N(CC(=O)O)C(=O)c1ccc2c(c1)OCCO2. The predicted molar refractivity (Wildman–Crippen MR) is 71.2 cm³/mol. The number of rotatable bonds is 4. The molecule has 1 aromatic carbocycles. The van der Waals surface area contributed by atoms with Gasteiger partial charge in [0.2, 0.25) is 0 Å². The fourth-order valence-corrected chi connectivity index (χ4v) is 1.98. The first-order valence-electron chi connectivity index (χ1n) is 6.41. The van der Waals surface area contributed by atoms with Crippen molar-refractivity contribution in [3.8, 4) is 11.5 Å². The van der Waals surface area contributed by atoms with Gasteiger partial charge in [-0.05, 0) is 32.0 Å². The molecule has 1 aliphatic rings. The van der Waals surface area contributed by atoms with Gasteiger partial charge >= 0.3 is 5.97 Å². The summed E-state index contributed by atoms with van der Waals surface area (Å²) in [4.78, 5) is 24.5. The minimum Gasteiger partial charge on any atom is -0.486 e. The lowest BCUT2D eigenvalue weighted by atomic mass is 10.1. The van der Waals surface area contributed by atoms with Gasteiger partial charge in [0.1, 0.15) is 19.8 Å².